The van der Waals surface area contributed by atoms with Crippen LogP contribution in [0.2, 0.25) is 0 Å². The van der Waals surface area contributed by atoms with Gasteiger partial charge in [0.25, 0.3) is 0 Å². The Hall–Kier alpha value is -1.40. The van der Waals surface area contributed by atoms with Gasteiger partial charge in [-0.2, -0.15) is 0 Å². The molecule has 0 fully saturated rings. The maximum atomic E-state index is 9.34. The molecule has 1 heterocycles. The van der Waals surface area contributed by atoms with E-state index in [4.69, 9.17) is 9.84 Å². The predicted molar refractivity (Wildman–Crippen MR) is 95.5 cm³/mol. The first-order valence-electron chi connectivity index (χ1n) is 9.56. The second-order valence-electron chi connectivity index (χ2n) is 6.34. The van der Waals surface area contributed by atoms with E-state index in [1.54, 1.807) is 0 Å². The molecule has 146 valence electrons. The van der Waals surface area contributed by atoms with Crippen LogP contribution in [0.25, 0.3) is 0 Å². The van der Waals surface area contributed by atoms with E-state index in [1.807, 2.05) is 23.3 Å². The number of aliphatic hydroxyl groups is 1. The fraction of sp³-hybridized carbons (Fsp3) is 0.789. The zero-order valence-electron chi connectivity index (χ0n) is 15.9. The number of imidazole rings is 1. The lowest BCUT2D eigenvalue weighted by atomic mass is 10.1. The van der Waals surface area contributed by atoms with Crippen LogP contribution in [0.3, 0.4) is 0 Å². The van der Waals surface area contributed by atoms with Gasteiger partial charge in [0.2, 0.25) is 6.33 Å². The number of unbranched alkanes of at least 4 members (excludes halogenated alkanes) is 9. The minimum Gasteiger partial charge on any atom is -0.547 e. The molecule has 1 rings (SSSR count). The molecule has 1 aromatic rings. The molecule has 25 heavy (non-hydrogen) atoms. The number of nitrogens with zero attached hydrogens (tertiary/aromatic N) is 1. The highest BCUT2D eigenvalue weighted by molar-refractivity contribution is 5.68. The molecule has 0 saturated heterocycles. The third-order valence-corrected chi connectivity index (χ3v) is 3.83. The van der Waals surface area contributed by atoms with E-state index in [9.17, 15) is 9.90 Å². The summed E-state index contributed by atoms with van der Waals surface area (Å²) >= 11 is 0. The first kappa shape index (κ1) is 23.6. The van der Waals surface area contributed by atoms with Crippen LogP contribution < -0.4 is 9.67 Å². The molecule has 6 nitrogen and oxygen atoms in total. The average Bonchev–Trinajstić information content (AvgIpc) is 3.10. The Bertz CT molecular complexity index is 394. The summed E-state index contributed by atoms with van der Waals surface area (Å²) in [6, 6.07) is 0. The number of carboxylic acids is 1. The van der Waals surface area contributed by atoms with Crippen molar-refractivity contribution in [1.29, 1.82) is 0 Å². The first-order valence-corrected chi connectivity index (χ1v) is 9.56. The second-order valence-corrected chi connectivity index (χ2v) is 6.34. The zero-order chi connectivity index (χ0) is 18.8. The molecule has 2 N–H and O–H groups in total. The largest absolute Gasteiger partial charge is 0.547 e. The van der Waals surface area contributed by atoms with Gasteiger partial charge in [-0.3, -0.25) is 4.98 Å². The SMILES string of the molecule is CCCCCCCCCCCCOC[n+]1cc[nH]c1.C[C@H](O)C(=O)[O-]. The van der Waals surface area contributed by atoms with Crippen LogP contribution in [0.1, 0.15) is 78.1 Å². The predicted octanol–water partition coefficient (Wildman–Crippen LogP) is 2.31. The summed E-state index contributed by atoms with van der Waals surface area (Å²) in [6.07, 6.45) is 18.2. The zero-order valence-corrected chi connectivity index (χ0v) is 15.9. The normalized spacial score (nSPS) is 11.6. The lowest BCUT2D eigenvalue weighted by Gasteiger charge is -2.03. The Morgan fingerprint density at radius 3 is 2.08 bits per heavy atom. The minimum absolute atomic E-state index is 0.668. The topological polar surface area (TPSA) is 89.3 Å². The molecular formula is C19H36N2O4. The second kappa shape index (κ2) is 17.4. The standard InChI is InChI=1S/C16H30N2O.C3H6O3/c1-2-3-4-5-6-7-8-9-10-11-14-19-16-18-13-12-17-15-18;1-2(4)3(5)6/h12-13,15H,2-11,14,16H2,1H3;2,4H,1H3,(H,5,6)/t;2-/m.0/s1. The maximum absolute atomic E-state index is 9.34. The number of nitrogens with one attached hydrogen (secondary N) is 1. The number of hydrogen-bond donors (Lipinski definition) is 2. The highest BCUT2D eigenvalue weighted by atomic mass is 16.5. The van der Waals surface area contributed by atoms with Crippen LogP contribution in [-0.2, 0) is 16.3 Å². The van der Waals surface area contributed by atoms with Crippen molar-refractivity contribution >= 4 is 5.97 Å². The molecule has 0 spiro atoms. The van der Waals surface area contributed by atoms with Crippen LogP contribution >= 0.6 is 0 Å². The molecule has 6 heteroatoms. The Morgan fingerprint density at radius 1 is 1.12 bits per heavy atom. The number of hydrogen-bond acceptors (Lipinski definition) is 4. The number of ether oxygens (including phenoxy) is 1. The Kier molecular flexibility index (Phi) is 16.4. The highest BCUT2D eigenvalue weighted by Crippen LogP contribution is 2.10. The Labute approximate surface area is 152 Å². The van der Waals surface area contributed by atoms with Crippen molar-refractivity contribution in [2.45, 2.75) is 90.9 Å². The lowest BCUT2D eigenvalue weighted by molar-refractivity contribution is -0.731. The molecular weight excluding hydrogens is 320 g/mol. The number of aliphatic hydroxyl groups excluding tert-OH is 1. The van der Waals surface area contributed by atoms with Crippen molar-refractivity contribution < 1.29 is 24.3 Å². The van der Waals surface area contributed by atoms with Gasteiger partial charge >= 0.3 is 0 Å². The van der Waals surface area contributed by atoms with Crippen LogP contribution in [-0.4, -0.2) is 28.8 Å². The van der Waals surface area contributed by atoms with E-state index in [2.05, 4.69) is 11.9 Å². The lowest BCUT2D eigenvalue weighted by Crippen LogP contribution is -2.32. The van der Waals surface area contributed by atoms with Gasteiger partial charge in [-0.05, 0) is 13.3 Å². The molecule has 0 aliphatic carbocycles. The number of aromatic nitrogens is 2. The quantitative estimate of drug-likeness (QED) is 0.395. The number of rotatable bonds is 14. The number of H-pyrrole nitrogens is 1. The van der Waals surface area contributed by atoms with Crippen LogP contribution in [0, 0.1) is 0 Å². The van der Waals surface area contributed by atoms with Crippen molar-refractivity contribution in [3.8, 4) is 0 Å². The van der Waals surface area contributed by atoms with Crippen molar-refractivity contribution in [3.05, 3.63) is 18.7 Å². The van der Waals surface area contributed by atoms with Crippen molar-refractivity contribution in [2.75, 3.05) is 6.61 Å². The summed E-state index contributed by atoms with van der Waals surface area (Å²) in [6.45, 7) is 4.96. The van der Waals surface area contributed by atoms with Crippen LogP contribution in [0.5, 0.6) is 0 Å². The molecule has 0 saturated carbocycles. The summed E-state index contributed by atoms with van der Waals surface area (Å²) in [5.74, 6) is -1.44. The van der Waals surface area contributed by atoms with Gasteiger partial charge in [0.15, 0.2) is 6.73 Å². The smallest absolute Gasteiger partial charge is 0.243 e. The van der Waals surface area contributed by atoms with Crippen LogP contribution in [0.15, 0.2) is 18.7 Å². The number of aromatic amines is 1. The monoisotopic (exact) mass is 356 g/mol. The van der Waals surface area contributed by atoms with Gasteiger partial charge in [0, 0.05) is 0 Å². The summed E-state index contributed by atoms with van der Waals surface area (Å²) in [4.78, 5) is 12.3. The first-order chi connectivity index (χ1) is 12.1. The number of carbonyl (C=O) groups is 1. The van der Waals surface area contributed by atoms with Gasteiger partial charge < -0.3 is 19.7 Å². The number of aliphatic carboxylic acids is 1. The van der Waals surface area contributed by atoms with Gasteiger partial charge in [-0.25, -0.2) is 4.57 Å². The molecule has 0 aromatic carbocycles. The minimum atomic E-state index is -1.44. The van der Waals surface area contributed by atoms with Gasteiger partial charge in [-0.1, -0.05) is 64.7 Å². The van der Waals surface area contributed by atoms with Crippen LogP contribution in [0.4, 0.5) is 0 Å². The summed E-state index contributed by atoms with van der Waals surface area (Å²) in [7, 11) is 0. The summed E-state index contributed by atoms with van der Waals surface area (Å²) in [5, 5.41) is 17.3. The van der Waals surface area contributed by atoms with Gasteiger partial charge in [-0.15, -0.1) is 0 Å². The molecule has 0 amide bonds. The van der Waals surface area contributed by atoms with Crippen molar-refractivity contribution in [3.63, 3.8) is 0 Å². The van der Waals surface area contributed by atoms with E-state index in [1.165, 1.54) is 64.2 Å². The highest BCUT2D eigenvalue weighted by Gasteiger charge is 1.96. The molecule has 1 aromatic heterocycles. The van der Waals surface area contributed by atoms with Gasteiger partial charge in [0.1, 0.15) is 12.4 Å². The van der Waals surface area contributed by atoms with E-state index in [0.29, 0.717) is 6.73 Å². The molecule has 0 aliphatic heterocycles. The Morgan fingerprint density at radius 2 is 1.64 bits per heavy atom. The van der Waals surface area contributed by atoms with Crippen molar-refractivity contribution in [1.82, 2.24) is 4.98 Å². The summed E-state index contributed by atoms with van der Waals surface area (Å²) < 4.78 is 7.60. The summed E-state index contributed by atoms with van der Waals surface area (Å²) in [5.41, 5.74) is 0. The van der Waals surface area contributed by atoms with E-state index in [-0.39, 0.29) is 0 Å². The third kappa shape index (κ3) is 17.2. The van der Waals surface area contributed by atoms with Crippen molar-refractivity contribution in [2.24, 2.45) is 0 Å². The molecule has 1 atom stereocenters. The van der Waals surface area contributed by atoms with Gasteiger partial charge in [0.05, 0.1) is 18.7 Å². The average molecular weight is 357 g/mol. The maximum Gasteiger partial charge on any atom is 0.243 e. The molecule has 0 bridgehead atoms. The number of carbonyl (C=O) groups excluding carboxylic acids is 1. The van der Waals surface area contributed by atoms with E-state index in [0.717, 1.165) is 13.5 Å². The van der Waals surface area contributed by atoms with E-state index < -0.39 is 12.1 Å². The fourth-order valence-corrected chi connectivity index (χ4v) is 2.26. The molecule has 0 unspecified atom stereocenters. The molecule has 0 radical (unpaired) electrons. The Balaban J connectivity index is 0.000000823. The molecule has 0 aliphatic rings. The van der Waals surface area contributed by atoms with E-state index >= 15 is 0 Å². The fourth-order valence-electron chi connectivity index (χ4n) is 2.26. The third-order valence-electron chi connectivity index (χ3n) is 3.83. The number of carboxylic acid groups (broad SMARTS) is 1.